The predicted molar refractivity (Wildman–Crippen MR) is 82.9 cm³/mol. The molecule has 1 unspecified atom stereocenters. The Morgan fingerprint density at radius 3 is 2.40 bits per heavy atom. The fraction of sp³-hybridized carbons (Fsp3) is 0.471. The molecule has 0 saturated carbocycles. The molecule has 2 rings (SSSR count). The molecule has 1 heterocycles. The van der Waals surface area contributed by atoms with Crippen molar-refractivity contribution in [2.24, 2.45) is 5.92 Å². The third-order valence-electron chi connectivity index (χ3n) is 3.94. The highest BCUT2D eigenvalue weighted by molar-refractivity contribution is 5.86. The van der Waals surface area contributed by atoms with Gasteiger partial charge in [0.25, 0.3) is 0 Å². The SMILES string of the molecule is CC1=CC(C)(C)N(C(C(=O)O)C(C)C)c2ccccc21. The second-order valence-corrected chi connectivity index (χ2v) is 6.40. The van der Waals surface area contributed by atoms with Gasteiger partial charge in [-0.3, -0.25) is 0 Å². The van der Waals surface area contributed by atoms with E-state index in [4.69, 9.17) is 0 Å². The van der Waals surface area contributed by atoms with Crippen LogP contribution in [0.15, 0.2) is 30.3 Å². The molecule has 0 spiro atoms. The Morgan fingerprint density at radius 2 is 1.85 bits per heavy atom. The Morgan fingerprint density at radius 1 is 1.25 bits per heavy atom. The van der Waals surface area contributed by atoms with Crippen LogP contribution < -0.4 is 4.90 Å². The van der Waals surface area contributed by atoms with Crippen LogP contribution in [0.1, 0.15) is 40.2 Å². The smallest absolute Gasteiger partial charge is 0.326 e. The van der Waals surface area contributed by atoms with Crippen LogP contribution in [0.5, 0.6) is 0 Å². The Bertz CT molecular complexity index is 558. The molecule has 0 amide bonds. The lowest BCUT2D eigenvalue weighted by molar-refractivity contribution is -0.140. The van der Waals surface area contributed by atoms with E-state index in [1.165, 1.54) is 5.57 Å². The summed E-state index contributed by atoms with van der Waals surface area (Å²) in [6.07, 6.45) is 2.16. The molecule has 0 radical (unpaired) electrons. The number of anilines is 1. The van der Waals surface area contributed by atoms with Gasteiger partial charge in [-0.1, -0.05) is 38.1 Å². The topological polar surface area (TPSA) is 40.5 Å². The predicted octanol–water partition coefficient (Wildman–Crippen LogP) is 3.80. The standard InChI is InChI=1S/C17H23NO2/c1-11(2)15(16(19)20)18-14-9-7-6-8-13(14)12(3)10-17(18,4)5/h6-11,15H,1-5H3,(H,19,20). The number of rotatable bonds is 3. The van der Waals surface area contributed by atoms with E-state index in [2.05, 4.69) is 32.9 Å². The van der Waals surface area contributed by atoms with E-state index >= 15 is 0 Å². The van der Waals surface area contributed by atoms with Crippen molar-refractivity contribution in [2.75, 3.05) is 4.90 Å². The fourth-order valence-corrected chi connectivity index (χ4v) is 3.21. The minimum Gasteiger partial charge on any atom is -0.480 e. The number of carboxylic acid groups (broad SMARTS) is 1. The lowest BCUT2D eigenvalue weighted by atomic mass is 9.85. The molecule has 1 aromatic carbocycles. The summed E-state index contributed by atoms with van der Waals surface area (Å²) in [5.41, 5.74) is 3.03. The molecule has 1 atom stereocenters. The number of benzene rings is 1. The van der Waals surface area contributed by atoms with E-state index in [9.17, 15) is 9.90 Å². The van der Waals surface area contributed by atoms with E-state index in [1.54, 1.807) is 0 Å². The number of hydrogen-bond donors (Lipinski definition) is 1. The van der Waals surface area contributed by atoms with Gasteiger partial charge in [-0.05, 0) is 38.3 Å². The van der Waals surface area contributed by atoms with Gasteiger partial charge in [-0.25, -0.2) is 4.79 Å². The van der Waals surface area contributed by atoms with Crippen LogP contribution in [0.25, 0.3) is 5.57 Å². The van der Waals surface area contributed by atoms with Crippen molar-refractivity contribution in [3.05, 3.63) is 35.9 Å². The van der Waals surface area contributed by atoms with E-state index in [0.29, 0.717) is 0 Å². The fourth-order valence-electron chi connectivity index (χ4n) is 3.21. The lowest BCUT2D eigenvalue weighted by Gasteiger charge is -2.47. The molecule has 0 saturated heterocycles. The molecular formula is C17H23NO2. The number of nitrogens with zero attached hydrogens (tertiary/aromatic N) is 1. The third kappa shape index (κ3) is 2.33. The summed E-state index contributed by atoms with van der Waals surface area (Å²) >= 11 is 0. The molecule has 0 aromatic heterocycles. The summed E-state index contributed by atoms with van der Waals surface area (Å²) in [5, 5.41) is 9.66. The van der Waals surface area contributed by atoms with Crippen LogP contribution >= 0.6 is 0 Å². The van der Waals surface area contributed by atoms with Crippen LogP contribution in [0, 0.1) is 5.92 Å². The largest absolute Gasteiger partial charge is 0.480 e. The average Bonchev–Trinajstić information content (AvgIpc) is 2.32. The van der Waals surface area contributed by atoms with Crippen molar-refractivity contribution in [1.29, 1.82) is 0 Å². The Kier molecular flexibility index (Phi) is 3.63. The molecule has 1 N–H and O–H groups in total. The molecular weight excluding hydrogens is 250 g/mol. The highest BCUT2D eigenvalue weighted by Gasteiger charge is 2.40. The highest BCUT2D eigenvalue weighted by atomic mass is 16.4. The molecule has 3 heteroatoms. The van der Waals surface area contributed by atoms with Crippen LogP contribution in [-0.2, 0) is 4.79 Å². The summed E-state index contributed by atoms with van der Waals surface area (Å²) in [5.74, 6) is -0.734. The molecule has 20 heavy (non-hydrogen) atoms. The third-order valence-corrected chi connectivity index (χ3v) is 3.94. The van der Waals surface area contributed by atoms with Gasteiger partial charge in [-0.15, -0.1) is 0 Å². The summed E-state index contributed by atoms with van der Waals surface area (Å²) in [6.45, 7) is 10.2. The number of hydrogen-bond acceptors (Lipinski definition) is 2. The van der Waals surface area contributed by atoms with Crippen molar-refractivity contribution in [1.82, 2.24) is 0 Å². The zero-order valence-corrected chi connectivity index (χ0v) is 12.8. The summed E-state index contributed by atoms with van der Waals surface area (Å²) in [6, 6.07) is 7.52. The number of fused-ring (bicyclic) bond motifs is 1. The second-order valence-electron chi connectivity index (χ2n) is 6.40. The number of carboxylic acids is 1. The zero-order valence-electron chi connectivity index (χ0n) is 12.8. The van der Waals surface area contributed by atoms with E-state index in [0.717, 1.165) is 11.3 Å². The quantitative estimate of drug-likeness (QED) is 0.910. The minimum absolute atomic E-state index is 0.0339. The maximum atomic E-state index is 11.8. The number of carbonyl (C=O) groups is 1. The van der Waals surface area contributed by atoms with Gasteiger partial charge in [0.1, 0.15) is 6.04 Å². The van der Waals surface area contributed by atoms with Gasteiger partial charge in [0.2, 0.25) is 0 Å². The summed E-state index contributed by atoms with van der Waals surface area (Å²) < 4.78 is 0. The van der Waals surface area contributed by atoms with Crippen LogP contribution in [0.2, 0.25) is 0 Å². The summed E-state index contributed by atoms with van der Waals surface area (Å²) in [7, 11) is 0. The maximum absolute atomic E-state index is 11.8. The minimum atomic E-state index is -0.768. The zero-order chi connectivity index (χ0) is 15.1. The van der Waals surface area contributed by atoms with Gasteiger partial charge >= 0.3 is 5.97 Å². The first kappa shape index (κ1) is 14.6. The Labute approximate surface area is 120 Å². The molecule has 1 aliphatic heterocycles. The van der Waals surface area contributed by atoms with Crippen molar-refractivity contribution in [3.8, 4) is 0 Å². The monoisotopic (exact) mass is 273 g/mol. The van der Waals surface area contributed by atoms with Crippen molar-refractivity contribution in [2.45, 2.75) is 46.2 Å². The molecule has 0 fully saturated rings. The first-order valence-corrected chi connectivity index (χ1v) is 7.06. The lowest BCUT2D eigenvalue weighted by Crippen LogP contribution is -2.56. The second kappa shape index (κ2) is 4.97. The van der Waals surface area contributed by atoms with Crippen molar-refractivity contribution < 1.29 is 9.90 Å². The molecule has 0 aliphatic carbocycles. The maximum Gasteiger partial charge on any atom is 0.326 e. The van der Waals surface area contributed by atoms with Crippen molar-refractivity contribution >= 4 is 17.2 Å². The van der Waals surface area contributed by atoms with E-state index in [-0.39, 0.29) is 11.5 Å². The van der Waals surface area contributed by atoms with Crippen LogP contribution in [0.4, 0.5) is 5.69 Å². The van der Waals surface area contributed by atoms with Gasteiger partial charge in [0.05, 0.1) is 5.54 Å². The van der Waals surface area contributed by atoms with Gasteiger partial charge < -0.3 is 10.0 Å². The normalized spacial score (nSPS) is 18.5. The molecule has 0 bridgehead atoms. The first-order valence-electron chi connectivity index (χ1n) is 7.06. The molecule has 1 aliphatic rings. The number of allylic oxidation sites excluding steroid dienone is 1. The first-order chi connectivity index (χ1) is 9.25. The molecule has 1 aromatic rings. The van der Waals surface area contributed by atoms with Crippen molar-refractivity contribution in [3.63, 3.8) is 0 Å². The van der Waals surface area contributed by atoms with E-state index in [1.807, 2.05) is 36.9 Å². The molecule has 3 nitrogen and oxygen atoms in total. The van der Waals surface area contributed by atoms with Gasteiger partial charge in [0.15, 0.2) is 0 Å². The van der Waals surface area contributed by atoms with Gasteiger partial charge in [-0.2, -0.15) is 0 Å². The van der Waals surface area contributed by atoms with Crippen LogP contribution in [-0.4, -0.2) is 22.7 Å². The highest BCUT2D eigenvalue weighted by Crippen LogP contribution is 2.41. The number of para-hydroxylation sites is 1. The average molecular weight is 273 g/mol. The van der Waals surface area contributed by atoms with Crippen LogP contribution in [0.3, 0.4) is 0 Å². The number of aliphatic carboxylic acids is 1. The van der Waals surface area contributed by atoms with E-state index < -0.39 is 12.0 Å². The Balaban J connectivity index is 2.64. The Hall–Kier alpha value is -1.77. The molecule has 108 valence electrons. The summed E-state index contributed by atoms with van der Waals surface area (Å²) in [4.78, 5) is 13.8. The van der Waals surface area contributed by atoms with Gasteiger partial charge in [0, 0.05) is 11.3 Å².